The Morgan fingerprint density at radius 1 is 1.14 bits per heavy atom. The van der Waals surface area contributed by atoms with Crippen molar-refractivity contribution >= 4 is 22.6 Å². The van der Waals surface area contributed by atoms with Gasteiger partial charge in [-0.25, -0.2) is 9.97 Å². The zero-order valence-electron chi connectivity index (χ0n) is 16.5. The monoisotopic (exact) mass is 394 g/mol. The summed E-state index contributed by atoms with van der Waals surface area (Å²) in [5.74, 6) is 2.03. The lowest BCUT2D eigenvalue weighted by molar-refractivity contribution is -0.123. The Labute approximate surface area is 169 Å². The molecule has 0 radical (unpaired) electrons. The van der Waals surface area contributed by atoms with Crippen LogP contribution in [0.25, 0.3) is 10.9 Å². The number of hydrogen-bond donors (Lipinski definition) is 2. The number of fused-ring (bicyclic) bond motifs is 1. The lowest BCUT2D eigenvalue weighted by atomic mass is 10.2. The van der Waals surface area contributed by atoms with Crippen molar-refractivity contribution < 1.29 is 9.21 Å². The second-order valence-corrected chi connectivity index (χ2v) is 7.40. The number of nitrogens with zero attached hydrogens (tertiary/aromatic N) is 4. The van der Waals surface area contributed by atoms with Gasteiger partial charge in [0.2, 0.25) is 5.91 Å². The van der Waals surface area contributed by atoms with E-state index >= 15 is 0 Å². The standard InChI is InChI=1S/C21H26N6O2/c1-15(18-7-4-12-29-18)23-20(28)14-27-10-8-26(9-11-27)13-19-24-17-6-3-2-5-16(17)21(22)25-19/h2-7,12,15H,8-11,13-14H2,1H3,(H,23,28)(H2,22,24,25)/t15-/m0/s1. The second kappa shape index (κ2) is 8.59. The number of para-hydroxylation sites is 1. The summed E-state index contributed by atoms with van der Waals surface area (Å²) in [6.45, 7) is 6.33. The van der Waals surface area contributed by atoms with E-state index in [0.29, 0.717) is 18.9 Å². The van der Waals surface area contributed by atoms with Crippen molar-refractivity contribution in [2.45, 2.75) is 19.5 Å². The third-order valence-corrected chi connectivity index (χ3v) is 5.22. The molecule has 3 N–H and O–H groups in total. The summed E-state index contributed by atoms with van der Waals surface area (Å²) >= 11 is 0. The molecule has 1 atom stereocenters. The van der Waals surface area contributed by atoms with Gasteiger partial charge >= 0.3 is 0 Å². The van der Waals surface area contributed by atoms with Crippen LogP contribution in [-0.2, 0) is 11.3 Å². The van der Waals surface area contributed by atoms with E-state index in [0.717, 1.165) is 48.7 Å². The molecule has 0 spiro atoms. The number of hydrogen-bond acceptors (Lipinski definition) is 7. The first-order valence-corrected chi connectivity index (χ1v) is 9.87. The predicted octanol–water partition coefficient (Wildman–Crippen LogP) is 1.80. The summed E-state index contributed by atoms with van der Waals surface area (Å²) in [6.07, 6.45) is 1.62. The minimum Gasteiger partial charge on any atom is -0.467 e. The van der Waals surface area contributed by atoms with Crippen LogP contribution in [0, 0.1) is 0 Å². The Morgan fingerprint density at radius 3 is 2.66 bits per heavy atom. The van der Waals surface area contributed by atoms with E-state index in [2.05, 4.69) is 25.1 Å². The van der Waals surface area contributed by atoms with Crippen molar-refractivity contribution in [3.8, 4) is 0 Å². The van der Waals surface area contributed by atoms with Gasteiger partial charge in [0, 0.05) is 31.6 Å². The highest BCUT2D eigenvalue weighted by Gasteiger charge is 2.21. The van der Waals surface area contributed by atoms with Crippen LogP contribution in [0.4, 0.5) is 5.82 Å². The van der Waals surface area contributed by atoms with Gasteiger partial charge < -0.3 is 15.5 Å². The number of nitrogens with one attached hydrogen (secondary N) is 1. The second-order valence-electron chi connectivity index (χ2n) is 7.40. The van der Waals surface area contributed by atoms with Gasteiger partial charge in [0.1, 0.15) is 17.4 Å². The van der Waals surface area contributed by atoms with Crippen molar-refractivity contribution in [1.82, 2.24) is 25.1 Å². The fourth-order valence-electron chi connectivity index (χ4n) is 3.63. The van der Waals surface area contributed by atoms with E-state index < -0.39 is 0 Å². The maximum Gasteiger partial charge on any atom is 0.234 e. The van der Waals surface area contributed by atoms with Crippen molar-refractivity contribution in [3.63, 3.8) is 0 Å². The predicted molar refractivity (Wildman–Crippen MR) is 111 cm³/mol. The first kappa shape index (κ1) is 19.4. The summed E-state index contributed by atoms with van der Waals surface area (Å²) in [4.78, 5) is 25.9. The normalized spacial score (nSPS) is 16.7. The number of anilines is 1. The minimum atomic E-state index is -0.130. The molecule has 0 aliphatic carbocycles. The van der Waals surface area contributed by atoms with E-state index in [4.69, 9.17) is 10.2 Å². The lowest BCUT2D eigenvalue weighted by Gasteiger charge is -2.34. The number of carbonyl (C=O) groups is 1. The molecule has 1 aliphatic rings. The molecule has 3 aromatic rings. The van der Waals surface area contributed by atoms with Crippen LogP contribution in [0.3, 0.4) is 0 Å². The molecule has 4 rings (SSSR count). The number of nitrogen functional groups attached to an aromatic ring is 1. The fourth-order valence-corrected chi connectivity index (χ4v) is 3.63. The Balaban J connectivity index is 1.27. The highest BCUT2D eigenvalue weighted by atomic mass is 16.3. The van der Waals surface area contributed by atoms with Crippen LogP contribution in [0.5, 0.6) is 0 Å². The number of amides is 1. The van der Waals surface area contributed by atoms with Gasteiger partial charge in [-0.3, -0.25) is 14.6 Å². The third kappa shape index (κ3) is 4.72. The van der Waals surface area contributed by atoms with Gasteiger partial charge in [-0.05, 0) is 31.2 Å². The molecular formula is C21H26N6O2. The molecule has 3 heterocycles. The molecule has 0 bridgehead atoms. The molecule has 1 aromatic carbocycles. The van der Waals surface area contributed by atoms with Crippen molar-refractivity contribution in [1.29, 1.82) is 0 Å². The first-order chi connectivity index (χ1) is 14.1. The molecule has 1 amide bonds. The fraction of sp³-hybridized carbons (Fsp3) is 0.381. The van der Waals surface area contributed by atoms with Crippen molar-refractivity contribution in [3.05, 3.63) is 54.2 Å². The molecule has 2 aromatic heterocycles. The van der Waals surface area contributed by atoms with Gasteiger partial charge in [0.05, 0.1) is 30.9 Å². The van der Waals surface area contributed by atoms with E-state index in [1.807, 2.05) is 43.3 Å². The molecule has 0 saturated carbocycles. The third-order valence-electron chi connectivity index (χ3n) is 5.22. The number of furan rings is 1. The van der Waals surface area contributed by atoms with Crippen LogP contribution < -0.4 is 11.1 Å². The van der Waals surface area contributed by atoms with E-state index in [1.54, 1.807) is 6.26 Å². The maximum absolute atomic E-state index is 12.3. The summed E-state index contributed by atoms with van der Waals surface area (Å²) in [6, 6.07) is 11.3. The van der Waals surface area contributed by atoms with Crippen LogP contribution >= 0.6 is 0 Å². The number of benzene rings is 1. The molecule has 29 heavy (non-hydrogen) atoms. The molecule has 8 nitrogen and oxygen atoms in total. The maximum atomic E-state index is 12.3. The number of aromatic nitrogens is 2. The largest absolute Gasteiger partial charge is 0.467 e. The number of rotatable bonds is 6. The van der Waals surface area contributed by atoms with Gasteiger partial charge in [0.25, 0.3) is 0 Å². The van der Waals surface area contributed by atoms with Gasteiger partial charge in [-0.15, -0.1) is 0 Å². The minimum absolute atomic E-state index is 0.00739. The topological polar surface area (TPSA) is 101 Å². The van der Waals surface area contributed by atoms with Crippen LogP contribution in [0.15, 0.2) is 47.1 Å². The summed E-state index contributed by atoms with van der Waals surface area (Å²) in [5, 5.41) is 3.87. The molecule has 8 heteroatoms. The average molecular weight is 394 g/mol. The van der Waals surface area contributed by atoms with Crippen LogP contribution in [0.1, 0.15) is 24.6 Å². The SMILES string of the molecule is C[C@H](NC(=O)CN1CCN(Cc2nc(N)c3ccccc3n2)CC1)c1ccco1. The molecule has 0 unspecified atom stereocenters. The first-order valence-electron chi connectivity index (χ1n) is 9.87. The molecule has 1 saturated heterocycles. The van der Waals surface area contributed by atoms with Crippen molar-refractivity contribution in [2.75, 3.05) is 38.5 Å². The quantitative estimate of drug-likeness (QED) is 0.657. The smallest absolute Gasteiger partial charge is 0.234 e. The Morgan fingerprint density at radius 2 is 1.90 bits per heavy atom. The highest BCUT2D eigenvalue weighted by molar-refractivity contribution is 5.87. The molecule has 1 fully saturated rings. The van der Waals surface area contributed by atoms with Crippen molar-refractivity contribution in [2.24, 2.45) is 0 Å². The van der Waals surface area contributed by atoms with E-state index in [9.17, 15) is 4.79 Å². The summed E-state index contributed by atoms with van der Waals surface area (Å²) < 4.78 is 5.34. The van der Waals surface area contributed by atoms with Gasteiger partial charge in [0.15, 0.2) is 0 Å². The summed E-state index contributed by atoms with van der Waals surface area (Å²) in [7, 11) is 0. The van der Waals surface area contributed by atoms with Gasteiger partial charge in [-0.1, -0.05) is 12.1 Å². The van der Waals surface area contributed by atoms with Gasteiger partial charge in [-0.2, -0.15) is 0 Å². The Hall–Kier alpha value is -2.97. The number of nitrogens with two attached hydrogens (primary N) is 1. The zero-order chi connectivity index (χ0) is 20.2. The van der Waals surface area contributed by atoms with E-state index in [-0.39, 0.29) is 11.9 Å². The summed E-state index contributed by atoms with van der Waals surface area (Å²) in [5.41, 5.74) is 6.96. The van der Waals surface area contributed by atoms with Crippen LogP contribution in [-0.4, -0.2) is 58.4 Å². The molecule has 1 aliphatic heterocycles. The number of carbonyl (C=O) groups excluding carboxylic acids is 1. The Kier molecular flexibility index (Phi) is 5.73. The van der Waals surface area contributed by atoms with Crippen LogP contribution in [0.2, 0.25) is 0 Å². The molecule has 152 valence electrons. The zero-order valence-corrected chi connectivity index (χ0v) is 16.5. The molecular weight excluding hydrogens is 368 g/mol. The highest BCUT2D eigenvalue weighted by Crippen LogP contribution is 2.18. The number of piperazine rings is 1. The average Bonchev–Trinajstić information content (AvgIpc) is 3.25. The lowest BCUT2D eigenvalue weighted by Crippen LogP contribution is -2.49. The Bertz CT molecular complexity index is 966. The van der Waals surface area contributed by atoms with E-state index in [1.165, 1.54) is 0 Å².